The SMILES string of the molecule is COc1ccc2c(c1)sc1nc(C(=O)NCc3ccc(Cl)c(Cl)c3)c(O)c(=O)n12. The molecule has 0 fully saturated rings. The Balaban J connectivity index is 1.70. The Morgan fingerprint density at radius 1 is 1.24 bits per heavy atom. The summed E-state index contributed by atoms with van der Waals surface area (Å²) in [5, 5.41) is 13.7. The third-order valence-electron chi connectivity index (χ3n) is 4.29. The molecule has 2 N–H and O–H groups in total. The lowest BCUT2D eigenvalue weighted by Crippen LogP contribution is -2.27. The van der Waals surface area contributed by atoms with Gasteiger partial charge < -0.3 is 15.2 Å². The van der Waals surface area contributed by atoms with Crippen molar-refractivity contribution in [2.24, 2.45) is 0 Å². The minimum atomic E-state index is -0.718. The number of benzene rings is 2. The smallest absolute Gasteiger partial charge is 0.302 e. The lowest BCUT2D eigenvalue weighted by atomic mass is 10.2. The second-order valence-electron chi connectivity index (χ2n) is 6.10. The number of methoxy groups -OCH3 is 1. The van der Waals surface area contributed by atoms with E-state index in [-0.39, 0.29) is 17.2 Å². The third-order valence-corrected chi connectivity index (χ3v) is 6.03. The summed E-state index contributed by atoms with van der Waals surface area (Å²) in [6.45, 7) is 0.125. The first-order valence-corrected chi connectivity index (χ1v) is 9.90. The minimum absolute atomic E-state index is 0.125. The van der Waals surface area contributed by atoms with Crippen molar-refractivity contribution in [1.82, 2.24) is 14.7 Å². The van der Waals surface area contributed by atoms with Crippen LogP contribution in [0, 0.1) is 0 Å². The molecule has 2 heterocycles. The number of hydrogen-bond acceptors (Lipinski definition) is 6. The quantitative estimate of drug-likeness (QED) is 0.493. The van der Waals surface area contributed by atoms with Gasteiger partial charge in [0.25, 0.3) is 5.91 Å². The molecule has 7 nitrogen and oxygen atoms in total. The molecule has 0 bridgehead atoms. The molecule has 0 aliphatic heterocycles. The fourth-order valence-corrected chi connectivity index (χ4v) is 4.20. The average Bonchev–Trinajstić information content (AvgIpc) is 3.08. The van der Waals surface area contributed by atoms with Gasteiger partial charge in [0.1, 0.15) is 5.75 Å². The number of amides is 1. The van der Waals surface area contributed by atoms with E-state index < -0.39 is 17.2 Å². The van der Waals surface area contributed by atoms with Gasteiger partial charge >= 0.3 is 5.56 Å². The van der Waals surface area contributed by atoms with Crippen LogP contribution in [-0.4, -0.2) is 27.5 Å². The van der Waals surface area contributed by atoms with E-state index in [4.69, 9.17) is 27.9 Å². The summed E-state index contributed by atoms with van der Waals surface area (Å²) >= 11 is 13.1. The summed E-state index contributed by atoms with van der Waals surface area (Å²) in [4.78, 5) is 29.7. The number of aromatic hydroxyl groups is 1. The molecule has 148 valence electrons. The summed E-state index contributed by atoms with van der Waals surface area (Å²) in [7, 11) is 1.54. The topological polar surface area (TPSA) is 92.9 Å². The van der Waals surface area contributed by atoms with E-state index >= 15 is 0 Å². The van der Waals surface area contributed by atoms with Crippen LogP contribution in [0.5, 0.6) is 11.5 Å². The second kappa shape index (κ2) is 7.55. The minimum Gasteiger partial charge on any atom is -0.501 e. The number of carbonyl (C=O) groups is 1. The lowest BCUT2D eigenvalue weighted by Gasteiger charge is -2.07. The van der Waals surface area contributed by atoms with E-state index in [1.54, 1.807) is 43.5 Å². The van der Waals surface area contributed by atoms with Gasteiger partial charge in [-0.15, -0.1) is 0 Å². The molecule has 29 heavy (non-hydrogen) atoms. The number of nitrogens with one attached hydrogen (secondary N) is 1. The molecule has 0 spiro atoms. The van der Waals surface area contributed by atoms with Crippen molar-refractivity contribution in [2.75, 3.05) is 7.11 Å². The van der Waals surface area contributed by atoms with Crippen molar-refractivity contribution < 1.29 is 14.6 Å². The standard InChI is InChI=1S/C19H13Cl2N3O4S/c1-28-10-3-5-13-14(7-10)29-19-23-15(16(25)18(27)24(13)19)17(26)22-8-9-2-4-11(20)12(21)6-9/h2-7,25H,8H2,1H3,(H,22,26). The Morgan fingerprint density at radius 3 is 2.76 bits per heavy atom. The molecular formula is C19H13Cl2N3O4S. The van der Waals surface area contributed by atoms with E-state index in [0.717, 1.165) is 4.70 Å². The number of rotatable bonds is 4. The van der Waals surface area contributed by atoms with Crippen LogP contribution in [0.15, 0.2) is 41.2 Å². The number of nitrogens with zero attached hydrogens (tertiary/aromatic N) is 2. The molecule has 2 aromatic heterocycles. The van der Waals surface area contributed by atoms with Crippen LogP contribution in [-0.2, 0) is 6.54 Å². The van der Waals surface area contributed by atoms with Gasteiger partial charge in [0, 0.05) is 6.54 Å². The van der Waals surface area contributed by atoms with Crippen LogP contribution in [0.3, 0.4) is 0 Å². The van der Waals surface area contributed by atoms with Crippen LogP contribution in [0.1, 0.15) is 16.1 Å². The van der Waals surface area contributed by atoms with Gasteiger partial charge in [-0.25, -0.2) is 9.38 Å². The van der Waals surface area contributed by atoms with E-state index in [2.05, 4.69) is 10.3 Å². The Bertz CT molecular complexity index is 1330. The van der Waals surface area contributed by atoms with Gasteiger partial charge in [-0.3, -0.25) is 9.59 Å². The Labute approximate surface area is 178 Å². The number of halogens is 2. The van der Waals surface area contributed by atoms with E-state index in [0.29, 0.717) is 26.9 Å². The highest BCUT2D eigenvalue weighted by molar-refractivity contribution is 7.23. The zero-order chi connectivity index (χ0) is 20.7. The first-order chi connectivity index (χ1) is 13.9. The van der Waals surface area contributed by atoms with E-state index in [9.17, 15) is 14.7 Å². The second-order valence-corrected chi connectivity index (χ2v) is 7.92. The van der Waals surface area contributed by atoms with Crippen LogP contribution in [0.25, 0.3) is 15.2 Å². The van der Waals surface area contributed by atoms with Crippen LogP contribution in [0.4, 0.5) is 0 Å². The Kier molecular flexibility index (Phi) is 5.08. The van der Waals surface area contributed by atoms with Gasteiger partial charge in [0.15, 0.2) is 10.7 Å². The molecule has 0 saturated heterocycles. The highest BCUT2D eigenvalue weighted by Crippen LogP contribution is 2.29. The predicted molar refractivity (Wildman–Crippen MR) is 113 cm³/mol. The van der Waals surface area contributed by atoms with Crippen LogP contribution in [0.2, 0.25) is 10.0 Å². The molecule has 4 aromatic rings. The molecule has 0 saturated carbocycles. The number of ether oxygens (including phenoxy) is 1. The number of thiazole rings is 1. The lowest BCUT2D eigenvalue weighted by molar-refractivity contribution is 0.0943. The molecule has 10 heteroatoms. The van der Waals surface area contributed by atoms with Gasteiger partial charge in [-0.1, -0.05) is 40.6 Å². The maximum atomic E-state index is 12.7. The molecule has 1 amide bonds. The summed E-state index contributed by atoms with van der Waals surface area (Å²) in [6, 6.07) is 10.1. The maximum absolute atomic E-state index is 12.7. The highest BCUT2D eigenvalue weighted by atomic mass is 35.5. The summed E-state index contributed by atoms with van der Waals surface area (Å²) in [6.07, 6.45) is 0. The first-order valence-electron chi connectivity index (χ1n) is 8.33. The normalized spacial score (nSPS) is 11.1. The van der Waals surface area contributed by atoms with Gasteiger partial charge in [-0.05, 0) is 35.9 Å². The van der Waals surface area contributed by atoms with E-state index in [1.807, 2.05) is 0 Å². The van der Waals surface area contributed by atoms with Gasteiger partial charge in [-0.2, -0.15) is 0 Å². The fraction of sp³-hybridized carbons (Fsp3) is 0.105. The molecular weight excluding hydrogens is 437 g/mol. The van der Waals surface area contributed by atoms with Crippen molar-refractivity contribution in [3.8, 4) is 11.5 Å². The van der Waals surface area contributed by atoms with Crippen molar-refractivity contribution in [3.63, 3.8) is 0 Å². The molecule has 0 aliphatic rings. The number of fused-ring (bicyclic) bond motifs is 3. The Hall–Kier alpha value is -2.81. The van der Waals surface area contributed by atoms with Crippen LogP contribution >= 0.6 is 34.5 Å². The van der Waals surface area contributed by atoms with E-state index in [1.165, 1.54) is 15.7 Å². The number of hydrogen-bond donors (Lipinski definition) is 2. The monoisotopic (exact) mass is 449 g/mol. The molecule has 4 rings (SSSR count). The molecule has 0 unspecified atom stereocenters. The highest BCUT2D eigenvalue weighted by Gasteiger charge is 2.21. The fourth-order valence-electron chi connectivity index (χ4n) is 2.83. The largest absolute Gasteiger partial charge is 0.501 e. The summed E-state index contributed by atoms with van der Waals surface area (Å²) in [5.41, 5.74) is 0.222. The first kappa shape index (κ1) is 19.5. The van der Waals surface area contributed by atoms with Crippen molar-refractivity contribution in [3.05, 3.63) is 68.1 Å². The Morgan fingerprint density at radius 2 is 2.03 bits per heavy atom. The van der Waals surface area contributed by atoms with Gasteiger partial charge in [0.2, 0.25) is 5.75 Å². The third kappa shape index (κ3) is 3.50. The molecule has 0 radical (unpaired) electrons. The molecule has 0 aliphatic carbocycles. The summed E-state index contributed by atoms with van der Waals surface area (Å²) < 4.78 is 7.20. The van der Waals surface area contributed by atoms with Crippen molar-refractivity contribution in [2.45, 2.75) is 6.54 Å². The maximum Gasteiger partial charge on any atom is 0.302 e. The zero-order valence-corrected chi connectivity index (χ0v) is 17.2. The van der Waals surface area contributed by atoms with Crippen LogP contribution < -0.4 is 15.6 Å². The van der Waals surface area contributed by atoms with Crippen molar-refractivity contribution >= 4 is 55.6 Å². The molecule has 0 atom stereocenters. The number of aromatic nitrogens is 2. The zero-order valence-electron chi connectivity index (χ0n) is 14.9. The predicted octanol–water partition coefficient (Wildman–Crippen LogP) is 3.86. The summed E-state index contributed by atoms with van der Waals surface area (Å²) in [5.74, 6) is -0.770. The average molecular weight is 450 g/mol. The van der Waals surface area contributed by atoms with Crippen molar-refractivity contribution in [1.29, 1.82) is 0 Å². The van der Waals surface area contributed by atoms with Gasteiger partial charge in [0.05, 0.1) is 27.4 Å². The number of carbonyl (C=O) groups excluding carboxylic acids is 1. The molecule has 2 aromatic carbocycles.